The van der Waals surface area contributed by atoms with Crippen LogP contribution in [0.4, 0.5) is 0 Å². The second kappa shape index (κ2) is 8.73. The summed E-state index contributed by atoms with van der Waals surface area (Å²) in [7, 11) is 1.82. The lowest BCUT2D eigenvalue weighted by Crippen LogP contribution is -2.22. The molecule has 0 aliphatic rings. The van der Waals surface area contributed by atoms with E-state index in [1.54, 1.807) is 21.5 Å². The van der Waals surface area contributed by atoms with Crippen molar-refractivity contribution in [2.24, 2.45) is 7.05 Å². The van der Waals surface area contributed by atoms with E-state index in [0.29, 0.717) is 28.5 Å². The van der Waals surface area contributed by atoms with Gasteiger partial charge in [0.2, 0.25) is 5.16 Å². The first kappa shape index (κ1) is 20.8. The fraction of sp³-hybridized carbons (Fsp3) is 0.227. The van der Waals surface area contributed by atoms with Gasteiger partial charge >= 0.3 is 0 Å². The molecule has 0 bridgehead atoms. The lowest BCUT2D eigenvalue weighted by molar-refractivity contribution is 0.0988. The highest BCUT2D eigenvalue weighted by atomic mass is 32.2. The molecule has 4 aromatic rings. The second-order valence-electron chi connectivity index (χ2n) is 7.03. The summed E-state index contributed by atoms with van der Waals surface area (Å²) in [4.78, 5) is 26.3. The number of hydrogen-bond donors (Lipinski definition) is 0. The van der Waals surface area contributed by atoms with Crippen molar-refractivity contribution < 1.29 is 4.79 Å². The molecule has 31 heavy (non-hydrogen) atoms. The molecule has 0 N–H and O–H groups in total. The molecular formula is C22H22N6O2S. The fourth-order valence-corrected chi connectivity index (χ4v) is 4.40. The third kappa shape index (κ3) is 3.84. The summed E-state index contributed by atoms with van der Waals surface area (Å²) >= 11 is 1.27. The van der Waals surface area contributed by atoms with E-state index in [1.807, 2.05) is 69.4 Å². The molecule has 158 valence electrons. The van der Waals surface area contributed by atoms with Gasteiger partial charge in [-0.15, -0.1) is 5.10 Å². The van der Waals surface area contributed by atoms with Crippen molar-refractivity contribution in [1.82, 2.24) is 29.6 Å². The van der Waals surface area contributed by atoms with E-state index in [-0.39, 0.29) is 16.6 Å². The minimum atomic E-state index is -0.368. The Bertz CT molecular complexity index is 1260. The normalized spacial score (nSPS) is 12.1. The number of carbonyl (C=O) groups excluding carboxylic acids is 1. The van der Waals surface area contributed by atoms with Crippen molar-refractivity contribution in [2.75, 3.05) is 0 Å². The van der Waals surface area contributed by atoms with E-state index in [1.165, 1.54) is 16.4 Å². The largest absolute Gasteiger partial charge is 0.297 e. The van der Waals surface area contributed by atoms with Gasteiger partial charge in [0, 0.05) is 12.6 Å². The molecule has 0 radical (unpaired) electrons. The molecular weight excluding hydrogens is 412 g/mol. The van der Waals surface area contributed by atoms with Gasteiger partial charge in [0.05, 0.1) is 16.6 Å². The molecule has 0 aliphatic carbocycles. The zero-order valence-corrected chi connectivity index (χ0v) is 18.3. The van der Waals surface area contributed by atoms with Crippen LogP contribution in [-0.4, -0.2) is 40.6 Å². The van der Waals surface area contributed by atoms with Crippen LogP contribution in [-0.2, 0) is 7.05 Å². The highest BCUT2D eigenvalue weighted by Crippen LogP contribution is 2.28. The average molecular weight is 435 g/mol. The van der Waals surface area contributed by atoms with Gasteiger partial charge in [0.1, 0.15) is 0 Å². The van der Waals surface area contributed by atoms with Crippen molar-refractivity contribution in [3.05, 3.63) is 82.3 Å². The first-order valence-corrected chi connectivity index (χ1v) is 10.8. The fourth-order valence-electron chi connectivity index (χ4n) is 3.43. The first-order chi connectivity index (χ1) is 15.0. The maximum atomic E-state index is 13.3. The van der Waals surface area contributed by atoms with E-state index in [2.05, 4.69) is 15.5 Å². The van der Waals surface area contributed by atoms with Crippen molar-refractivity contribution in [3.8, 4) is 11.4 Å². The van der Waals surface area contributed by atoms with Gasteiger partial charge in [-0.1, -0.05) is 67.2 Å². The number of carbonyl (C=O) groups is 1. The van der Waals surface area contributed by atoms with Crippen LogP contribution in [0, 0.1) is 6.92 Å². The quantitative estimate of drug-likeness (QED) is 0.328. The molecule has 8 nitrogen and oxygen atoms in total. The maximum Gasteiger partial charge on any atom is 0.297 e. The van der Waals surface area contributed by atoms with Crippen molar-refractivity contribution >= 4 is 17.5 Å². The molecule has 0 fully saturated rings. The summed E-state index contributed by atoms with van der Waals surface area (Å²) in [5.41, 5.74) is 2.23. The number of hydrogen-bond acceptors (Lipinski definition) is 6. The number of aromatic nitrogens is 6. The zero-order chi connectivity index (χ0) is 22.0. The number of ketones is 1. The van der Waals surface area contributed by atoms with Crippen molar-refractivity contribution in [3.63, 3.8) is 0 Å². The van der Waals surface area contributed by atoms with Gasteiger partial charge in [-0.05, 0) is 35.9 Å². The molecule has 2 heterocycles. The van der Waals surface area contributed by atoms with Crippen LogP contribution < -0.4 is 5.56 Å². The van der Waals surface area contributed by atoms with Gasteiger partial charge in [0.15, 0.2) is 11.5 Å². The number of Topliss-reactive ketones (excluding diaryl/α,β-unsaturated/α-hetero) is 1. The second-order valence-corrected chi connectivity index (χ2v) is 8.20. The summed E-state index contributed by atoms with van der Waals surface area (Å²) in [6, 6.07) is 18.5. The van der Waals surface area contributed by atoms with Crippen molar-refractivity contribution in [2.45, 2.75) is 30.7 Å². The number of thioether (sulfide) groups is 1. The molecule has 0 aliphatic heterocycles. The topological polar surface area (TPSA) is 87.6 Å². The molecule has 2 aromatic heterocycles. The maximum absolute atomic E-state index is 13.3. The van der Waals surface area contributed by atoms with E-state index in [4.69, 9.17) is 0 Å². The Labute approximate surface area is 183 Å². The number of rotatable bonds is 7. The summed E-state index contributed by atoms with van der Waals surface area (Å²) < 4.78 is 4.78. The van der Waals surface area contributed by atoms with Gasteiger partial charge in [-0.2, -0.15) is 4.68 Å². The van der Waals surface area contributed by atoms with Crippen LogP contribution in [0.5, 0.6) is 0 Å². The monoisotopic (exact) mass is 434 g/mol. The van der Waals surface area contributed by atoms with Crippen LogP contribution in [0.3, 0.4) is 0 Å². The van der Waals surface area contributed by atoms with Gasteiger partial charge in [-0.25, -0.2) is 4.68 Å². The van der Waals surface area contributed by atoms with Crippen LogP contribution in [0.15, 0.2) is 70.6 Å². The molecule has 2 aromatic carbocycles. The average Bonchev–Trinajstić information content (AvgIpc) is 3.34. The van der Waals surface area contributed by atoms with E-state index < -0.39 is 0 Å². The van der Waals surface area contributed by atoms with Gasteiger partial charge < -0.3 is 0 Å². The van der Waals surface area contributed by atoms with Crippen molar-refractivity contribution in [1.29, 1.82) is 0 Å². The SMILES string of the molecule is CCC(Sc1nnnn1-c1c(C)n(C)n(-c2ccccc2)c1=O)C(=O)c1ccccc1. The van der Waals surface area contributed by atoms with Gasteiger partial charge in [-0.3, -0.25) is 14.3 Å². The molecule has 0 amide bonds. The van der Waals surface area contributed by atoms with Gasteiger partial charge in [0.25, 0.3) is 5.56 Å². The van der Waals surface area contributed by atoms with E-state index in [0.717, 1.165) is 5.69 Å². The van der Waals surface area contributed by atoms with Crippen LogP contribution in [0.25, 0.3) is 11.4 Å². The van der Waals surface area contributed by atoms with Crippen LogP contribution >= 0.6 is 11.8 Å². The lowest BCUT2D eigenvalue weighted by Gasteiger charge is -2.12. The highest BCUT2D eigenvalue weighted by Gasteiger charge is 2.26. The number of para-hydroxylation sites is 1. The highest BCUT2D eigenvalue weighted by molar-refractivity contribution is 8.00. The van der Waals surface area contributed by atoms with Crippen LogP contribution in [0.2, 0.25) is 0 Å². The predicted molar refractivity (Wildman–Crippen MR) is 119 cm³/mol. The standard InChI is InChI=1S/C22H22N6O2S/c1-4-18(20(29)16-11-7-5-8-12-16)31-22-23-24-25-27(22)19-15(2)26(3)28(21(19)30)17-13-9-6-10-14-17/h5-14,18H,4H2,1-3H3. The van der Waals surface area contributed by atoms with E-state index >= 15 is 0 Å². The Morgan fingerprint density at radius 3 is 2.35 bits per heavy atom. The number of tetrazole rings is 1. The number of benzene rings is 2. The summed E-state index contributed by atoms with van der Waals surface area (Å²) in [6.07, 6.45) is 0.604. The predicted octanol–water partition coefficient (Wildman–Crippen LogP) is 3.21. The van der Waals surface area contributed by atoms with Crippen LogP contribution in [0.1, 0.15) is 29.4 Å². The summed E-state index contributed by atoms with van der Waals surface area (Å²) in [6.45, 7) is 3.79. The molecule has 9 heteroatoms. The lowest BCUT2D eigenvalue weighted by atomic mass is 10.1. The Kier molecular flexibility index (Phi) is 5.85. The zero-order valence-electron chi connectivity index (χ0n) is 17.5. The molecule has 0 spiro atoms. The molecule has 0 saturated heterocycles. The Morgan fingerprint density at radius 1 is 1.06 bits per heavy atom. The molecule has 4 rings (SSSR count). The van der Waals surface area contributed by atoms with E-state index in [9.17, 15) is 9.59 Å². The third-order valence-corrected chi connectivity index (χ3v) is 6.44. The Hall–Kier alpha value is -3.46. The molecule has 0 saturated carbocycles. The third-order valence-electron chi connectivity index (χ3n) is 5.15. The molecule has 1 unspecified atom stereocenters. The summed E-state index contributed by atoms with van der Waals surface area (Å²) in [5, 5.41) is 12.0. The minimum absolute atomic E-state index is 0.00845. The smallest absolute Gasteiger partial charge is 0.293 e. The first-order valence-electron chi connectivity index (χ1n) is 9.91. The number of nitrogens with zero attached hydrogens (tertiary/aromatic N) is 6. The Morgan fingerprint density at radius 2 is 1.71 bits per heavy atom. The minimum Gasteiger partial charge on any atom is -0.293 e. The summed E-state index contributed by atoms with van der Waals surface area (Å²) in [5.74, 6) is 0.00845. The molecule has 1 atom stereocenters. The Balaban J connectivity index is 1.72.